The van der Waals surface area contributed by atoms with Crippen molar-refractivity contribution in [1.29, 1.82) is 0 Å². The van der Waals surface area contributed by atoms with Gasteiger partial charge in [-0.05, 0) is 125 Å². The van der Waals surface area contributed by atoms with Gasteiger partial charge in [-0.15, -0.1) is 0 Å². The molecule has 8 aliphatic rings. The zero-order valence-electron chi connectivity index (χ0n) is 56.2. The van der Waals surface area contributed by atoms with Gasteiger partial charge in [-0.3, -0.25) is 38.6 Å². The van der Waals surface area contributed by atoms with Crippen LogP contribution in [0.3, 0.4) is 0 Å². The summed E-state index contributed by atoms with van der Waals surface area (Å²) in [6, 6.07) is 13.2. The van der Waals surface area contributed by atoms with Gasteiger partial charge >= 0.3 is 0 Å². The number of carbonyl (C=O) groups is 4. The van der Waals surface area contributed by atoms with Crippen LogP contribution in [0.15, 0.2) is 70.3 Å². The van der Waals surface area contributed by atoms with E-state index in [1.54, 1.807) is 36.4 Å². The Morgan fingerprint density at radius 2 is 0.808 bits per heavy atom. The molecule has 26 heteroatoms. The Morgan fingerprint density at radius 1 is 0.424 bits per heavy atom. The molecule has 22 nitrogen and oxygen atoms in total. The van der Waals surface area contributed by atoms with E-state index in [0.717, 1.165) is 130 Å². The van der Waals surface area contributed by atoms with Crippen molar-refractivity contribution in [3.05, 3.63) is 116 Å². The number of likely N-dealkylation sites (tertiary alicyclic amines) is 2. The van der Waals surface area contributed by atoms with Crippen LogP contribution >= 0.6 is 0 Å². The number of rotatable bonds is 23. The monoisotopic (exact) mass is 1370 g/mol. The summed E-state index contributed by atoms with van der Waals surface area (Å²) in [6.07, 6.45) is 13.0. The van der Waals surface area contributed by atoms with E-state index in [9.17, 15) is 28.8 Å². The van der Waals surface area contributed by atoms with Gasteiger partial charge in [0, 0.05) is 140 Å². The Balaban J connectivity index is 0.489. The van der Waals surface area contributed by atoms with Gasteiger partial charge in [0.1, 0.15) is 69.3 Å². The first-order valence-electron chi connectivity index (χ1n) is 36.0. The maximum absolute atomic E-state index is 16.0. The zero-order chi connectivity index (χ0) is 68.3. The van der Waals surface area contributed by atoms with Gasteiger partial charge in [0.05, 0.1) is 35.6 Å². The number of imide groups is 2. The number of hydrazine groups is 1. The summed E-state index contributed by atoms with van der Waals surface area (Å²) in [4.78, 5) is 109. The Kier molecular flexibility index (Phi) is 20.8. The first-order valence-corrected chi connectivity index (χ1v) is 36.0. The highest BCUT2D eigenvalue weighted by Gasteiger charge is 2.47. The van der Waals surface area contributed by atoms with Gasteiger partial charge in [0.25, 0.3) is 22.9 Å². The molecule has 2 unspecified atom stereocenters. The first-order chi connectivity index (χ1) is 48.1. The molecule has 2 atom stereocenters. The fourth-order valence-electron chi connectivity index (χ4n) is 15.8. The Morgan fingerprint density at radius 3 is 1.18 bits per heavy atom. The predicted octanol–water partition coefficient (Wildman–Crippen LogP) is 8.09. The SMILES string of the molecule is O=C1CCC(Nc2ccc(N3CCN(CCN4CCC(COc5cc(F)c6c(=O)[nH]c(CC7CCCC7)nc6c5)CC4)CC3)c(F)c2)C(=O)N1N1C(=O)CCC(Nc2ccc(N3CCN(CCN4CCC(COc5cc(F)c6c(=O)[nH]c(CC7CCC7)nc6c5)CC4)CC3)c(F)c2)C1=O. The molecule has 6 saturated heterocycles. The van der Waals surface area contributed by atoms with Crippen molar-refractivity contribution in [2.45, 2.75) is 121 Å². The van der Waals surface area contributed by atoms with E-state index in [4.69, 9.17) is 9.47 Å². The average Bonchev–Trinajstić information content (AvgIpc) is 0.923. The van der Waals surface area contributed by atoms with Crippen LogP contribution in [-0.2, 0) is 32.0 Å². The van der Waals surface area contributed by atoms with Crippen LogP contribution < -0.4 is 41.0 Å². The normalized spacial score (nSPS) is 21.9. The van der Waals surface area contributed by atoms with Gasteiger partial charge in [0.2, 0.25) is 11.8 Å². The quantitative estimate of drug-likeness (QED) is 0.0351. The van der Waals surface area contributed by atoms with E-state index < -0.39 is 70.1 Å². The molecule has 2 saturated carbocycles. The van der Waals surface area contributed by atoms with Crippen molar-refractivity contribution in [2.24, 2.45) is 23.7 Å². The number of hydrogen-bond acceptors (Lipinski definition) is 18. The van der Waals surface area contributed by atoms with E-state index in [0.29, 0.717) is 143 Å². The molecule has 528 valence electrons. The standard InChI is InChI=1S/C73H90F4N14O8/c74-54-38-50(8-12-62(54)88-32-28-86(29-33-88)26-24-84-20-16-48(17-21-84)44-98-52-40-56(76)68-60(42-52)80-64(82-70(68)94)36-46-4-1-2-5-46)78-58-10-14-66(92)90(72(58)96)91-67(93)15-11-59(73(91)97)79-51-9-13-63(55(75)39-51)89-34-30-87(31-35-89)27-25-85-22-18-49(19-23-85)45-99-53-41-57(77)69-61(43-53)81-65(83-71(69)95)37-47-6-3-7-47/h8-9,12-13,38-43,46-49,58-59,78-79H,1-7,10-11,14-37,44-45H2,(H,80,82,94)(H,81,83,95). The van der Waals surface area contributed by atoms with E-state index >= 15 is 17.6 Å². The van der Waals surface area contributed by atoms with E-state index in [-0.39, 0.29) is 36.5 Å². The molecule has 4 N–H and O–H groups in total. The third-order valence-electron chi connectivity index (χ3n) is 22.1. The summed E-state index contributed by atoms with van der Waals surface area (Å²) in [7, 11) is 0. The number of nitrogens with zero attached hydrogens (tertiary/aromatic N) is 10. The summed E-state index contributed by atoms with van der Waals surface area (Å²) < 4.78 is 74.4. The van der Waals surface area contributed by atoms with Crippen molar-refractivity contribution in [2.75, 3.05) is 138 Å². The molecule has 8 heterocycles. The molecule has 99 heavy (non-hydrogen) atoms. The second-order valence-corrected chi connectivity index (χ2v) is 28.7. The summed E-state index contributed by atoms with van der Waals surface area (Å²) >= 11 is 0. The Bertz CT molecular complexity index is 4060. The highest BCUT2D eigenvalue weighted by Crippen LogP contribution is 2.34. The van der Waals surface area contributed by atoms with Gasteiger partial charge in [-0.25, -0.2) is 27.5 Å². The summed E-state index contributed by atoms with van der Waals surface area (Å²) in [6.45, 7) is 13.6. The molecule has 6 aliphatic heterocycles. The molecule has 14 rings (SSSR count). The number of hydrogen-bond donors (Lipinski definition) is 4. The first kappa shape index (κ1) is 68.0. The number of amides is 4. The fourth-order valence-corrected chi connectivity index (χ4v) is 15.8. The van der Waals surface area contributed by atoms with Gasteiger partial charge < -0.3 is 49.7 Å². The Labute approximate surface area is 572 Å². The van der Waals surface area contributed by atoms with Gasteiger partial charge in [-0.1, -0.05) is 44.9 Å². The number of piperidine rings is 4. The number of carbonyl (C=O) groups excluding carboxylic acids is 4. The number of H-pyrrole nitrogens is 2. The van der Waals surface area contributed by atoms with Gasteiger partial charge in [-0.2, -0.15) is 10.0 Å². The highest BCUT2D eigenvalue weighted by atomic mass is 19.1. The lowest BCUT2D eigenvalue weighted by Crippen LogP contribution is -2.65. The number of nitrogens with one attached hydrogen (secondary N) is 4. The van der Waals surface area contributed by atoms with E-state index in [1.807, 2.05) is 9.80 Å². The van der Waals surface area contributed by atoms with Crippen LogP contribution in [0.5, 0.6) is 11.5 Å². The van der Waals surface area contributed by atoms with Crippen LogP contribution in [0.25, 0.3) is 21.8 Å². The number of fused-ring (bicyclic) bond motifs is 2. The minimum atomic E-state index is -1.04. The lowest BCUT2D eigenvalue weighted by atomic mass is 9.83. The molecule has 0 spiro atoms. The number of ether oxygens (including phenoxy) is 2. The van der Waals surface area contributed by atoms with Gasteiger partial charge in [0.15, 0.2) is 0 Å². The lowest BCUT2D eigenvalue weighted by molar-refractivity contribution is -0.185. The van der Waals surface area contributed by atoms with Crippen molar-refractivity contribution < 1.29 is 46.2 Å². The maximum Gasteiger partial charge on any atom is 0.271 e. The third kappa shape index (κ3) is 15.9. The van der Waals surface area contributed by atoms with Crippen LogP contribution in [0.4, 0.5) is 40.3 Å². The molecule has 6 aromatic rings. The number of piperazine rings is 2. The molecule has 4 amide bonds. The van der Waals surface area contributed by atoms with Crippen molar-refractivity contribution in [1.82, 2.24) is 49.6 Å². The molecular weight excluding hydrogens is 1280 g/mol. The predicted molar refractivity (Wildman–Crippen MR) is 368 cm³/mol. The molecular formula is C73H90F4N14O8. The molecule has 0 bridgehead atoms. The zero-order valence-corrected chi connectivity index (χ0v) is 56.2. The second kappa shape index (κ2) is 30.3. The molecule has 4 aromatic carbocycles. The number of benzene rings is 4. The number of aromatic nitrogens is 4. The highest BCUT2D eigenvalue weighted by molar-refractivity contribution is 6.09. The van der Waals surface area contributed by atoms with Crippen LogP contribution in [0.2, 0.25) is 0 Å². The van der Waals surface area contributed by atoms with Crippen molar-refractivity contribution >= 4 is 68.2 Å². The summed E-state index contributed by atoms with van der Waals surface area (Å²) in [5, 5.41) is 7.28. The van der Waals surface area contributed by atoms with Crippen molar-refractivity contribution in [3.8, 4) is 11.5 Å². The van der Waals surface area contributed by atoms with E-state index in [2.05, 4.69) is 50.2 Å². The number of halogens is 4. The number of aromatic amines is 2. The lowest BCUT2D eigenvalue weighted by Gasteiger charge is -2.41. The second-order valence-electron chi connectivity index (χ2n) is 28.7. The average molecular weight is 1370 g/mol. The van der Waals surface area contributed by atoms with Crippen molar-refractivity contribution in [3.63, 3.8) is 0 Å². The smallest absolute Gasteiger partial charge is 0.271 e. The largest absolute Gasteiger partial charge is 0.493 e. The van der Waals surface area contributed by atoms with Crippen LogP contribution in [0.1, 0.15) is 108 Å². The van der Waals surface area contributed by atoms with Crippen LogP contribution in [-0.4, -0.2) is 203 Å². The Hall–Kier alpha value is -8.20. The third-order valence-corrected chi connectivity index (χ3v) is 22.1. The van der Waals surface area contributed by atoms with Crippen LogP contribution in [0, 0.1) is 46.9 Å². The summed E-state index contributed by atoms with van der Waals surface area (Å²) in [5.74, 6) is -1.69. The number of anilines is 4. The van der Waals surface area contributed by atoms with E-state index in [1.165, 1.54) is 43.5 Å². The molecule has 2 aliphatic carbocycles. The maximum atomic E-state index is 16.0. The fraction of sp³-hybridized carbons (Fsp3) is 0.562. The molecule has 0 radical (unpaired) electrons. The molecule has 2 aromatic heterocycles. The molecule has 8 fully saturated rings. The summed E-state index contributed by atoms with van der Waals surface area (Å²) in [5.41, 5.74) is 1.21. The minimum Gasteiger partial charge on any atom is -0.493 e. The minimum absolute atomic E-state index is 0.0373. The topological polar surface area (TPSA) is 228 Å².